The molecule has 0 aliphatic rings. The summed E-state index contributed by atoms with van der Waals surface area (Å²) in [7, 11) is 0. The number of thiazole rings is 1. The Bertz CT molecular complexity index is 906. The third-order valence-corrected chi connectivity index (χ3v) is 6.13. The van der Waals surface area contributed by atoms with E-state index in [1.54, 1.807) is 11.8 Å². The Labute approximate surface area is 165 Å². The van der Waals surface area contributed by atoms with Gasteiger partial charge in [-0.3, -0.25) is 0 Å². The molecule has 3 rings (SSSR count). The predicted molar refractivity (Wildman–Crippen MR) is 107 cm³/mol. The van der Waals surface area contributed by atoms with Gasteiger partial charge in [0, 0.05) is 21.6 Å². The lowest BCUT2D eigenvalue weighted by Gasteiger charge is -2.22. The molecule has 1 aromatic heterocycles. The van der Waals surface area contributed by atoms with E-state index in [4.69, 9.17) is 0 Å². The summed E-state index contributed by atoms with van der Waals surface area (Å²) in [5.74, 6) is 0.726. The largest absolute Gasteiger partial charge is 0.416 e. The second-order valence-corrected chi connectivity index (χ2v) is 9.13. The molecule has 0 amide bonds. The number of rotatable bonds is 4. The monoisotopic (exact) mass is 407 g/mol. The van der Waals surface area contributed by atoms with Crippen LogP contribution in [0.15, 0.2) is 58.8 Å². The second kappa shape index (κ2) is 7.68. The summed E-state index contributed by atoms with van der Waals surface area (Å²) in [5.41, 5.74) is 2.37. The van der Waals surface area contributed by atoms with E-state index in [1.165, 1.54) is 33.9 Å². The Morgan fingerprint density at radius 2 is 1.63 bits per heavy atom. The third kappa shape index (κ3) is 4.93. The van der Waals surface area contributed by atoms with Crippen molar-refractivity contribution in [1.82, 2.24) is 4.98 Å². The molecule has 0 saturated carbocycles. The molecule has 3 aromatic rings. The summed E-state index contributed by atoms with van der Waals surface area (Å²) < 4.78 is 38.1. The van der Waals surface area contributed by atoms with E-state index >= 15 is 0 Å². The minimum Gasteiger partial charge on any atom is -0.240 e. The molecular formula is C21H20F3NS2. The Hall–Kier alpha value is -1.79. The van der Waals surface area contributed by atoms with Gasteiger partial charge in [0.15, 0.2) is 0 Å². The fourth-order valence-electron chi connectivity index (χ4n) is 2.67. The summed E-state index contributed by atoms with van der Waals surface area (Å²) in [5, 5.41) is 2.71. The van der Waals surface area contributed by atoms with Crippen molar-refractivity contribution in [3.05, 3.63) is 70.7 Å². The fourth-order valence-corrected chi connectivity index (χ4v) is 4.76. The van der Waals surface area contributed by atoms with Gasteiger partial charge in [0.05, 0.1) is 11.3 Å². The maximum absolute atomic E-state index is 12.7. The number of alkyl halides is 3. The molecule has 0 atom stereocenters. The molecular weight excluding hydrogens is 387 g/mol. The summed E-state index contributed by atoms with van der Waals surface area (Å²) in [6, 6.07) is 13.5. The third-order valence-electron chi connectivity index (χ3n) is 4.08. The SMILES string of the molecule is CC(C)(C)c1ccccc1SCc1csc(-c2ccc(C(F)(F)F)cc2)n1. The van der Waals surface area contributed by atoms with Crippen molar-refractivity contribution in [2.75, 3.05) is 0 Å². The smallest absolute Gasteiger partial charge is 0.240 e. The lowest BCUT2D eigenvalue weighted by Crippen LogP contribution is -2.12. The molecule has 0 aliphatic heterocycles. The van der Waals surface area contributed by atoms with Gasteiger partial charge in [0.1, 0.15) is 5.01 Å². The van der Waals surface area contributed by atoms with Gasteiger partial charge in [0.2, 0.25) is 0 Å². The maximum Gasteiger partial charge on any atom is 0.416 e. The van der Waals surface area contributed by atoms with Gasteiger partial charge in [-0.15, -0.1) is 23.1 Å². The molecule has 142 valence electrons. The quantitative estimate of drug-likeness (QED) is 0.417. The van der Waals surface area contributed by atoms with Gasteiger partial charge in [-0.2, -0.15) is 13.2 Å². The molecule has 0 N–H and O–H groups in total. The van der Waals surface area contributed by atoms with Crippen LogP contribution in [0, 0.1) is 0 Å². The Balaban J connectivity index is 1.72. The molecule has 1 heterocycles. The van der Waals surface area contributed by atoms with E-state index in [2.05, 4.69) is 44.0 Å². The van der Waals surface area contributed by atoms with E-state index in [0.717, 1.165) is 28.6 Å². The van der Waals surface area contributed by atoms with E-state index < -0.39 is 11.7 Å². The fraction of sp³-hybridized carbons (Fsp3) is 0.286. The van der Waals surface area contributed by atoms with Crippen molar-refractivity contribution in [3.8, 4) is 10.6 Å². The Morgan fingerprint density at radius 1 is 0.963 bits per heavy atom. The van der Waals surface area contributed by atoms with Crippen molar-refractivity contribution < 1.29 is 13.2 Å². The number of thioether (sulfide) groups is 1. The van der Waals surface area contributed by atoms with Crippen molar-refractivity contribution in [3.63, 3.8) is 0 Å². The first-order valence-electron chi connectivity index (χ1n) is 8.49. The van der Waals surface area contributed by atoms with Crippen LogP contribution >= 0.6 is 23.1 Å². The Morgan fingerprint density at radius 3 is 2.26 bits per heavy atom. The van der Waals surface area contributed by atoms with Crippen LogP contribution in [0.25, 0.3) is 10.6 Å². The highest BCUT2D eigenvalue weighted by Gasteiger charge is 2.30. The number of hydrogen-bond donors (Lipinski definition) is 0. The molecule has 2 aromatic carbocycles. The van der Waals surface area contributed by atoms with Gasteiger partial charge in [-0.1, -0.05) is 51.1 Å². The van der Waals surface area contributed by atoms with Crippen LogP contribution in [0.2, 0.25) is 0 Å². The maximum atomic E-state index is 12.7. The van der Waals surface area contributed by atoms with E-state index in [1.807, 2.05) is 11.4 Å². The zero-order valence-electron chi connectivity index (χ0n) is 15.3. The second-order valence-electron chi connectivity index (χ2n) is 7.25. The van der Waals surface area contributed by atoms with Crippen LogP contribution < -0.4 is 0 Å². The van der Waals surface area contributed by atoms with Crippen molar-refractivity contribution in [2.24, 2.45) is 0 Å². The molecule has 0 saturated heterocycles. The van der Waals surface area contributed by atoms with Crippen molar-refractivity contribution in [2.45, 2.75) is 43.0 Å². The highest BCUT2D eigenvalue weighted by atomic mass is 32.2. The average Bonchev–Trinajstić information content (AvgIpc) is 3.08. The normalized spacial score (nSPS) is 12.4. The molecule has 0 bridgehead atoms. The van der Waals surface area contributed by atoms with Crippen LogP contribution in [-0.2, 0) is 17.3 Å². The first-order valence-corrected chi connectivity index (χ1v) is 10.4. The number of aromatic nitrogens is 1. The van der Waals surface area contributed by atoms with Crippen molar-refractivity contribution >= 4 is 23.1 Å². The van der Waals surface area contributed by atoms with Gasteiger partial charge in [-0.05, 0) is 29.2 Å². The molecule has 1 nitrogen and oxygen atoms in total. The predicted octanol–water partition coefficient (Wildman–Crippen LogP) is 7.42. The topological polar surface area (TPSA) is 12.9 Å². The lowest BCUT2D eigenvalue weighted by molar-refractivity contribution is -0.137. The standard InChI is InChI=1S/C21H20F3NS2/c1-20(2,3)17-6-4-5-7-18(17)26-12-16-13-27-19(25-16)14-8-10-15(11-9-14)21(22,23)24/h4-11,13H,12H2,1-3H3. The van der Waals surface area contributed by atoms with E-state index in [9.17, 15) is 13.2 Å². The molecule has 0 unspecified atom stereocenters. The number of benzene rings is 2. The lowest BCUT2D eigenvalue weighted by atomic mass is 9.87. The zero-order chi connectivity index (χ0) is 19.7. The first-order chi connectivity index (χ1) is 12.6. The van der Waals surface area contributed by atoms with E-state index in [-0.39, 0.29) is 5.41 Å². The van der Waals surface area contributed by atoms with Gasteiger partial charge in [-0.25, -0.2) is 4.98 Å². The molecule has 0 radical (unpaired) electrons. The van der Waals surface area contributed by atoms with Crippen LogP contribution in [-0.4, -0.2) is 4.98 Å². The van der Waals surface area contributed by atoms with Gasteiger partial charge in [0.25, 0.3) is 0 Å². The summed E-state index contributed by atoms with van der Waals surface area (Å²) in [6.07, 6.45) is -4.32. The van der Waals surface area contributed by atoms with Gasteiger partial charge < -0.3 is 0 Å². The Kier molecular flexibility index (Phi) is 5.68. The summed E-state index contributed by atoms with van der Waals surface area (Å²) >= 11 is 3.19. The van der Waals surface area contributed by atoms with Crippen LogP contribution in [0.1, 0.15) is 37.6 Å². The van der Waals surface area contributed by atoms with Crippen molar-refractivity contribution in [1.29, 1.82) is 0 Å². The molecule has 6 heteroatoms. The molecule has 0 aliphatic carbocycles. The number of nitrogens with zero attached hydrogens (tertiary/aromatic N) is 1. The average molecular weight is 408 g/mol. The molecule has 27 heavy (non-hydrogen) atoms. The van der Waals surface area contributed by atoms with Crippen LogP contribution in [0.4, 0.5) is 13.2 Å². The van der Waals surface area contributed by atoms with Gasteiger partial charge >= 0.3 is 6.18 Å². The van der Waals surface area contributed by atoms with E-state index in [0.29, 0.717) is 5.56 Å². The first kappa shape index (κ1) is 20.0. The number of hydrogen-bond acceptors (Lipinski definition) is 3. The number of halogens is 3. The van der Waals surface area contributed by atoms with Crippen LogP contribution in [0.3, 0.4) is 0 Å². The summed E-state index contributed by atoms with van der Waals surface area (Å²) in [4.78, 5) is 5.83. The molecule has 0 fully saturated rings. The summed E-state index contributed by atoms with van der Waals surface area (Å²) in [6.45, 7) is 6.58. The zero-order valence-corrected chi connectivity index (χ0v) is 16.9. The molecule has 0 spiro atoms. The highest BCUT2D eigenvalue weighted by Crippen LogP contribution is 2.35. The minimum atomic E-state index is -4.32. The minimum absolute atomic E-state index is 0.0665. The van der Waals surface area contributed by atoms with Crippen LogP contribution in [0.5, 0.6) is 0 Å². The highest BCUT2D eigenvalue weighted by molar-refractivity contribution is 7.98.